The molecule has 0 saturated heterocycles. The highest BCUT2D eigenvalue weighted by Crippen LogP contribution is 2.64. The summed E-state index contributed by atoms with van der Waals surface area (Å²) in [5.41, 5.74) is 2.48. The largest absolute Gasteiger partial charge is 0.385 e. The summed E-state index contributed by atoms with van der Waals surface area (Å²) in [5.74, 6) is 2.49. The quantitative estimate of drug-likeness (QED) is 0.737. The van der Waals surface area contributed by atoms with Crippen LogP contribution in [0.5, 0.6) is 0 Å². The Morgan fingerprint density at radius 2 is 2.00 bits per heavy atom. The first kappa shape index (κ1) is 14.7. The van der Waals surface area contributed by atoms with Crippen LogP contribution in [0.15, 0.2) is 23.8 Å². The summed E-state index contributed by atoms with van der Waals surface area (Å²) < 4.78 is 0. The van der Waals surface area contributed by atoms with E-state index in [0.717, 1.165) is 50.9 Å². The van der Waals surface area contributed by atoms with Crippen LogP contribution in [-0.2, 0) is 4.79 Å². The maximum atomic E-state index is 11.8. The molecule has 0 amide bonds. The minimum atomic E-state index is -0.667. The maximum Gasteiger partial charge on any atom is 0.137 e. The molecule has 0 bridgehead atoms. The van der Waals surface area contributed by atoms with Crippen molar-refractivity contribution in [1.82, 2.24) is 0 Å². The van der Waals surface area contributed by atoms with Crippen LogP contribution in [0, 0.1) is 23.2 Å². The standard InChI is InChI=1S/C20H28O2/c1-3-20(22)11-9-18-17-6-4-13-12-14(21)5-7-15(13)16(17)8-10-19(18,20)2/h3,16-18,22H,1,4-12H2,2H3/t16-,17-,18+,19+,20-/m0/s1. The number of hydrogen-bond donors (Lipinski definition) is 1. The third kappa shape index (κ3) is 1.79. The van der Waals surface area contributed by atoms with E-state index in [4.69, 9.17) is 0 Å². The number of carbonyl (C=O) groups excluding carboxylic acids is 1. The van der Waals surface area contributed by atoms with Gasteiger partial charge < -0.3 is 5.11 Å². The first-order valence-corrected chi connectivity index (χ1v) is 9.07. The smallest absolute Gasteiger partial charge is 0.137 e. The normalized spacial score (nSPS) is 47.7. The number of ketones is 1. The Hall–Kier alpha value is -0.890. The van der Waals surface area contributed by atoms with Crippen molar-refractivity contribution >= 4 is 5.78 Å². The van der Waals surface area contributed by atoms with E-state index in [1.807, 2.05) is 6.08 Å². The predicted molar refractivity (Wildman–Crippen MR) is 87.3 cm³/mol. The Bertz CT molecular complexity index is 560. The van der Waals surface area contributed by atoms with Crippen LogP contribution in [-0.4, -0.2) is 16.5 Å². The summed E-state index contributed by atoms with van der Waals surface area (Å²) in [6, 6.07) is 0. The van der Waals surface area contributed by atoms with E-state index in [2.05, 4.69) is 13.5 Å². The van der Waals surface area contributed by atoms with E-state index in [9.17, 15) is 9.90 Å². The molecule has 4 rings (SSSR count). The lowest BCUT2D eigenvalue weighted by atomic mass is 9.52. The fourth-order valence-corrected chi connectivity index (χ4v) is 6.44. The van der Waals surface area contributed by atoms with Gasteiger partial charge in [0.05, 0.1) is 5.60 Å². The van der Waals surface area contributed by atoms with Gasteiger partial charge in [-0.1, -0.05) is 24.1 Å². The lowest BCUT2D eigenvalue weighted by Gasteiger charge is -2.53. The van der Waals surface area contributed by atoms with Crippen molar-refractivity contribution in [2.75, 3.05) is 0 Å². The van der Waals surface area contributed by atoms with Crippen molar-refractivity contribution in [3.8, 4) is 0 Å². The van der Waals surface area contributed by atoms with Crippen LogP contribution in [0.4, 0.5) is 0 Å². The van der Waals surface area contributed by atoms with E-state index in [0.29, 0.717) is 17.6 Å². The highest BCUT2D eigenvalue weighted by atomic mass is 16.3. The fourth-order valence-electron chi connectivity index (χ4n) is 6.44. The molecule has 0 aromatic carbocycles. The zero-order valence-corrected chi connectivity index (χ0v) is 13.7. The van der Waals surface area contributed by atoms with E-state index in [1.165, 1.54) is 18.4 Å². The van der Waals surface area contributed by atoms with Crippen molar-refractivity contribution < 1.29 is 9.90 Å². The summed E-state index contributed by atoms with van der Waals surface area (Å²) >= 11 is 0. The molecule has 0 aromatic heterocycles. The molecule has 120 valence electrons. The molecule has 1 N–H and O–H groups in total. The van der Waals surface area contributed by atoms with Gasteiger partial charge in [-0.3, -0.25) is 4.79 Å². The Morgan fingerprint density at radius 3 is 2.77 bits per heavy atom. The van der Waals surface area contributed by atoms with Gasteiger partial charge in [-0.25, -0.2) is 0 Å². The highest BCUT2D eigenvalue weighted by Gasteiger charge is 2.60. The highest BCUT2D eigenvalue weighted by molar-refractivity contribution is 5.82. The Labute approximate surface area is 133 Å². The van der Waals surface area contributed by atoms with Crippen LogP contribution >= 0.6 is 0 Å². The first-order valence-electron chi connectivity index (χ1n) is 9.07. The van der Waals surface area contributed by atoms with E-state index >= 15 is 0 Å². The van der Waals surface area contributed by atoms with Gasteiger partial charge in [-0.15, -0.1) is 6.58 Å². The molecule has 0 spiro atoms. The number of aliphatic hydroxyl groups is 1. The second-order valence-electron chi connectivity index (χ2n) is 8.38. The average molecular weight is 300 g/mol. The van der Waals surface area contributed by atoms with Crippen LogP contribution in [0.3, 0.4) is 0 Å². The maximum absolute atomic E-state index is 11.8. The van der Waals surface area contributed by atoms with Gasteiger partial charge in [0.15, 0.2) is 0 Å². The summed E-state index contributed by atoms with van der Waals surface area (Å²) in [4.78, 5) is 11.8. The Balaban J connectivity index is 1.67. The molecule has 2 heteroatoms. The molecule has 0 aliphatic heterocycles. The third-order valence-corrected chi connectivity index (χ3v) is 7.75. The molecule has 0 aromatic rings. The molecule has 2 nitrogen and oxygen atoms in total. The number of Topliss-reactive ketones (excluding diaryl/α,β-unsaturated/α-hetero) is 1. The zero-order chi connectivity index (χ0) is 15.5. The van der Waals surface area contributed by atoms with Crippen molar-refractivity contribution in [2.45, 2.75) is 70.3 Å². The lowest BCUT2D eigenvalue weighted by Crippen LogP contribution is -2.50. The van der Waals surface area contributed by atoms with Crippen LogP contribution in [0.25, 0.3) is 0 Å². The van der Waals surface area contributed by atoms with Gasteiger partial charge in [0.1, 0.15) is 5.78 Å². The third-order valence-electron chi connectivity index (χ3n) is 7.75. The van der Waals surface area contributed by atoms with Crippen LogP contribution in [0.1, 0.15) is 64.7 Å². The average Bonchev–Trinajstić information content (AvgIpc) is 2.79. The Kier molecular flexibility index (Phi) is 3.21. The monoisotopic (exact) mass is 300 g/mol. The summed E-state index contributed by atoms with van der Waals surface area (Å²) in [5, 5.41) is 11.0. The minimum absolute atomic E-state index is 0.0124. The van der Waals surface area contributed by atoms with Gasteiger partial charge in [-0.2, -0.15) is 0 Å². The zero-order valence-electron chi connectivity index (χ0n) is 13.7. The molecule has 0 heterocycles. The predicted octanol–water partition coefficient (Wildman–Crippen LogP) is 4.19. The molecule has 4 aliphatic carbocycles. The van der Waals surface area contributed by atoms with Gasteiger partial charge in [0.25, 0.3) is 0 Å². The molecule has 22 heavy (non-hydrogen) atoms. The SMILES string of the molecule is C=C[C@]1(O)CC[C@@H]2[C@H]3CCC4=C(CCC(=O)C4)[C@@H]3CC[C@]21C. The molecule has 0 radical (unpaired) electrons. The van der Waals surface area contributed by atoms with Gasteiger partial charge in [0, 0.05) is 18.3 Å². The second-order valence-corrected chi connectivity index (χ2v) is 8.38. The van der Waals surface area contributed by atoms with Crippen LogP contribution in [0.2, 0.25) is 0 Å². The minimum Gasteiger partial charge on any atom is -0.385 e. The summed E-state index contributed by atoms with van der Waals surface area (Å²) in [6.45, 7) is 6.23. The summed E-state index contributed by atoms with van der Waals surface area (Å²) in [7, 11) is 0. The van der Waals surface area contributed by atoms with Crippen molar-refractivity contribution in [1.29, 1.82) is 0 Å². The van der Waals surface area contributed by atoms with Gasteiger partial charge in [0.2, 0.25) is 0 Å². The van der Waals surface area contributed by atoms with Crippen LogP contribution < -0.4 is 0 Å². The van der Waals surface area contributed by atoms with E-state index in [-0.39, 0.29) is 5.41 Å². The molecule has 2 saturated carbocycles. The Morgan fingerprint density at radius 1 is 1.18 bits per heavy atom. The topological polar surface area (TPSA) is 37.3 Å². The second kappa shape index (κ2) is 4.80. The number of allylic oxidation sites excluding steroid dienone is 2. The fraction of sp³-hybridized carbons (Fsp3) is 0.750. The number of carbonyl (C=O) groups is 1. The first-order chi connectivity index (χ1) is 10.5. The number of hydrogen-bond acceptors (Lipinski definition) is 2. The molecule has 5 atom stereocenters. The van der Waals surface area contributed by atoms with Gasteiger partial charge >= 0.3 is 0 Å². The summed E-state index contributed by atoms with van der Waals surface area (Å²) in [6.07, 6.45) is 11.0. The number of rotatable bonds is 1. The van der Waals surface area contributed by atoms with Crippen molar-refractivity contribution in [3.05, 3.63) is 23.8 Å². The van der Waals surface area contributed by atoms with E-state index < -0.39 is 5.60 Å². The number of fused-ring (bicyclic) bond motifs is 4. The van der Waals surface area contributed by atoms with E-state index in [1.54, 1.807) is 5.57 Å². The van der Waals surface area contributed by atoms with Crippen molar-refractivity contribution in [2.24, 2.45) is 23.2 Å². The van der Waals surface area contributed by atoms with Gasteiger partial charge in [-0.05, 0) is 62.7 Å². The molecular weight excluding hydrogens is 272 g/mol. The van der Waals surface area contributed by atoms with Crippen molar-refractivity contribution in [3.63, 3.8) is 0 Å². The molecule has 0 unspecified atom stereocenters. The molecule has 2 fully saturated rings. The lowest BCUT2D eigenvalue weighted by molar-refractivity contribution is -0.119. The molecular formula is C20H28O2. The molecule has 4 aliphatic rings.